The fourth-order valence-electron chi connectivity index (χ4n) is 2.66. The lowest BCUT2D eigenvalue weighted by molar-refractivity contribution is -0.497. The fraction of sp³-hybridized carbons (Fsp3) is 0.562. The van der Waals surface area contributed by atoms with Gasteiger partial charge in [0.2, 0.25) is 11.9 Å². The average molecular weight is 344 g/mol. The van der Waals surface area contributed by atoms with Crippen molar-refractivity contribution in [3.8, 4) is 0 Å². The molecule has 132 valence electrons. The Morgan fingerprint density at radius 1 is 1.42 bits per heavy atom. The number of nitrogens with zero attached hydrogens (tertiary/aromatic N) is 1. The van der Waals surface area contributed by atoms with Gasteiger partial charge in [0, 0.05) is 11.3 Å². The van der Waals surface area contributed by atoms with Crippen molar-refractivity contribution >= 4 is 5.91 Å². The molecule has 1 aromatic rings. The molecule has 0 heterocycles. The normalized spacial score (nSPS) is 21.4. The number of benzene rings is 1. The van der Waals surface area contributed by atoms with Gasteiger partial charge in [-0.15, -0.1) is 0 Å². The zero-order valence-electron chi connectivity index (χ0n) is 13.3. The summed E-state index contributed by atoms with van der Waals surface area (Å²) < 4.78 is 38.6. The monoisotopic (exact) mass is 344 g/mol. The maximum Gasteiger partial charge on any atom is 0.416 e. The van der Waals surface area contributed by atoms with Crippen LogP contribution in [0.25, 0.3) is 0 Å². The van der Waals surface area contributed by atoms with E-state index in [-0.39, 0.29) is 12.3 Å². The molecule has 1 aliphatic rings. The third-order valence-electron chi connectivity index (χ3n) is 4.00. The van der Waals surface area contributed by atoms with E-state index < -0.39 is 40.6 Å². The molecule has 8 heteroatoms. The Morgan fingerprint density at radius 2 is 2.08 bits per heavy atom. The summed E-state index contributed by atoms with van der Waals surface area (Å²) in [6.07, 6.45) is -3.84. The van der Waals surface area contributed by atoms with E-state index in [1.165, 1.54) is 12.1 Å². The molecule has 0 spiro atoms. The standard InChI is InChI=1S/C16H19F3N2O3/c1-9(2)6-13(20-15(22)12-8-14(12)21(23)24)10-4-3-5-11(7-10)16(17,18)19/h3-5,7,9,12-14H,6,8H2,1-2H3,(H,20,22). The molecule has 0 aromatic heterocycles. The van der Waals surface area contributed by atoms with Gasteiger partial charge in [-0.2, -0.15) is 13.2 Å². The van der Waals surface area contributed by atoms with Crippen LogP contribution < -0.4 is 5.32 Å². The van der Waals surface area contributed by atoms with Gasteiger partial charge in [-0.25, -0.2) is 0 Å². The predicted octanol–water partition coefficient (Wildman–Crippen LogP) is 3.57. The minimum atomic E-state index is -4.46. The van der Waals surface area contributed by atoms with E-state index in [2.05, 4.69) is 5.32 Å². The van der Waals surface area contributed by atoms with Crippen molar-refractivity contribution < 1.29 is 22.9 Å². The molecule has 5 nitrogen and oxygen atoms in total. The van der Waals surface area contributed by atoms with Crippen molar-refractivity contribution in [2.45, 2.75) is 44.9 Å². The first kappa shape index (κ1) is 18.2. The molecule has 1 aliphatic carbocycles. The highest BCUT2D eigenvalue weighted by Crippen LogP contribution is 2.35. The number of amides is 1. The molecule has 0 saturated heterocycles. The van der Waals surface area contributed by atoms with E-state index in [1.807, 2.05) is 13.8 Å². The van der Waals surface area contributed by atoms with E-state index in [9.17, 15) is 28.1 Å². The average Bonchev–Trinajstić information content (AvgIpc) is 3.26. The maximum atomic E-state index is 12.9. The van der Waals surface area contributed by atoms with Crippen molar-refractivity contribution in [2.75, 3.05) is 0 Å². The summed E-state index contributed by atoms with van der Waals surface area (Å²) in [7, 11) is 0. The zero-order chi connectivity index (χ0) is 18.1. The van der Waals surface area contributed by atoms with Gasteiger partial charge in [0.25, 0.3) is 0 Å². The Bertz CT molecular complexity index is 631. The van der Waals surface area contributed by atoms with Crippen LogP contribution in [-0.4, -0.2) is 16.9 Å². The van der Waals surface area contributed by atoms with Gasteiger partial charge in [-0.05, 0) is 30.0 Å². The van der Waals surface area contributed by atoms with E-state index >= 15 is 0 Å². The second-order valence-corrected chi connectivity index (χ2v) is 6.51. The number of nitrogens with one attached hydrogen (secondary N) is 1. The Kier molecular flexibility index (Phi) is 5.15. The topological polar surface area (TPSA) is 72.2 Å². The molecule has 3 unspecified atom stereocenters. The molecule has 24 heavy (non-hydrogen) atoms. The maximum absolute atomic E-state index is 12.9. The second-order valence-electron chi connectivity index (χ2n) is 6.51. The number of nitro groups is 1. The Balaban J connectivity index is 2.17. The lowest BCUT2D eigenvalue weighted by Crippen LogP contribution is -2.32. The first-order valence-electron chi connectivity index (χ1n) is 7.70. The van der Waals surface area contributed by atoms with E-state index in [0.717, 1.165) is 12.1 Å². The highest BCUT2D eigenvalue weighted by atomic mass is 19.4. The first-order valence-corrected chi connectivity index (χ1v) is 7.70. The van der Waals surface area contributed by atoms with Gasteiger partial charge in [-0.1, -0.05) is 26.0 Å². The first-order chi connectivity index (χ1) is 11.1. The van der Waals surface area contributed by atoms with Crippen molar-refractivity contribution in [3.63, 3.8) is 0 Å². The molecule has 2 rings (SSSR count). The van der Waals surface area contributed by atoms with Crippen molar-refractivity contribution in [2.24, 2.45) is 11.8 Å². The number of carbonyl (C=O) groups excluding carboxylic acids is 1. The minimum absolute atomic E-state index is 0.135. The van der Waals surface area contributed by atoms with Crippen LogP contribution in [-0.2, 0) is 11.0 Å². The number of hydrogen-bond donors (Lipinski definition) is 1. The zero-order valence-corrected chi connectivity index (χ0v) is 13.3. The van der Waals surface area contributed by atoms with E-state index in [1.54, 1.807) is 0 Å². The van der Waals surface area contributed by atoms with Crippen LogP contribution in [0.15, 0.2) is 24.3 Å². The van der Waals surface area contributed by atoms with Gasteiger partial charge < -0.3 is 5.32 Å². The quantitative estimate of drug-likeness (QED) is 0.633. The van der Waals surface area contributed by atoms with Crippen LogP contribution in [0.2, 0.25) is 0 Å². The molecule has 1 N–H and O–H groups in total. The van der Waals surface area contributed by atoms with Gasteiger partial charge in [0.15, 0.2) is 0 Å². The lowest BCUT2D eigenvalue weighted by Gasteiger charge is -2.22. The predicted molar refractivity (Wildman–Crippen MR) is 80.7 cm³/mol. The minimum Gasteiger partial charge on any atom is -0.349 e. The van der Waals surface area contributed by atoms with Gasteiger partial charge in [0.05, 0.1) is 11.6 Å². The van der Waals surface area contributed by atoms with Crippen LogP contribution in [0.4, 0.5) is 13.2 Å². The Morgan fingerprint density at radius 3 is 2.58 bits per heavy atom. The third-order valence-corrected chi connectivity index (χ3v) is 4.00. The summed E-state index contributed by atoms with van der Waals surface area (Å²) in [5.74, 6) is -1.03. The summed E-state index contributed by atoms with van der Waals surface area (Å²) in [6, 6.07) is 3.33. The largest absolute Gasteiger partial charge is 0.416 e. The molecular formula is C16H19F3N2O3. The van der Waals surface area contributed by atoms with Crippen LogP contribution >= 0.6 is 0 Å². The lowest BCUT2D eigenvalue weighted by atomic mass is 9.95. The summed E-state index contributed by atoms with van der Waals surface area (Å²) in [5, 5.41) is 13.3. The molecule has 3 atom stereocenters. The van der Waals surface area contributed by atoms with Crippen LogP contribution in [0.3, 0.4) is 0 Å². The molecule has 1 saturated carbocycles. The molecule has 0 bridgehead atoms. The van der Waals surface area contributed by atoms with Gasteiger partial charge >= 0.3 is 6.18 Å². The summed E-state index contributed by atoms with van der Waals surface area (Å²) in [4.78, 5) is 22.3. The van der Waals surface area contributed by atoms with Crippen LogP contribution in [0.5, 0.6) is 0 Å². The molecule has 1 aromatic carbocycles. The number of hydrogen-bond acceptors (Lipinski definition) is 3. The molecule has 1 fully saturated rings. The Labute approximate surface area is 137 Å². The Hall–Kier alpha value is -2.12. The molecular weight excluding hydrogens is 325 g/mol. The molecule has 1 amide bonds. The summed E-state index contributed by atoms with van der Waals surface area (Å²) >= 11 is 0. The van der Waals surface area contributed by atoms with Crippen LogP contribution in [0.1, 0.15) is 43.9 Å². The van der Waals surface area contributed by atoms with Gasteiger partial charge in [-0.3, -0.25) is 14.9 Å². The third kappa shape index (κ3) is 4.46. The second kappa shape index (κ2) is 6.78. The highest BCUT2D eigenvalue weighted by Gasteiger charge is 2.53. The van der Waals surface area contributed by atoms with E-state index in [4.69, 9.17) is 0 Å². The van der Waals surface area contributed by atoms with E-state index in [0.29, 0.717) is 12.0 Å². The summed E-state index contributed by atoms with van der Waals surface area (Å²) in [6.45, 7) is 3.79. The number of halogens is 3. The van der Waals surface area contributed by atoms with Crippen molar-refractivity contribution in [3.05, 3.63) is 45.5 Å². The number of alkyl halides is 3. The molecule has 0 radical (unpaired) electrons. The fourth-order valence-corrected chi connectivity index (χ4v) is 2.66. The number of rotatable bonds is 6. The van der Waals surface area contributed by atoms with Crippen molar-refractivity contribution in [1.29, 1.82) is 0 Å². The number of carbonyl (C=O) groups is 1. The summed E-state index contributed by atoms with van der Waals surface area (Å²) in [5.41, 5.74) is -0.428. The van der Waals surface area contributed by atoms with Crippen molar-refractivity contribution in [1.82, 2.24) is 5.32 Å². The highest BCUT2D eigenvalue weighted by molar-refractivity contribution is 5.82. The van der Waals surface area contributed by atoms with Crippen LogP contribution in [0, 0.1) is 22.0 Å². The molecule has 0 aliphatic heterocycles. The SMILES string of the molecule is CC(C)CC(NC(=O)C1CC1[N+](=O)[O-])c1cccc(C(F)(F)F)c1. The van der Waals surface area contributed by atoms with Gasteiger partial charge in [0.1, 0.15) is 5.92 Å². The smallest absolute Gasteiger partial charge is 0.349 e.